The lowest BCUT2D eigenvalue weighted by molar-refractivity contribution is -0.363. The molecule has 0 aliphatic carbocycles. The molecule has 4 aromatic rings. The molecule has 0 unspecified atom stereocenters. The summed E-state index contributed by atoms with van der Waals surface area (Å²) < 4.78 is 64.1. The van der Waals surface area contributed by atoms with Crippen LogP contribution in [-0.4, -0.2) is 93.1 Å². The standard InChI is InChI=1S/C47H53N3O12/c1-4-25-53-43-40(49-50-48)46(59-29-37-23-15-8-16-24-37)60-39(31-55-33(3)52)42(43)62-47-45(58-28-36-21-13-7-14-22-36)44(57-27-35-19-11-6-12-20-35)41(38(61-47)30-54-32(2)51)56-26-34-17-9-5-10-18-34/h4-24,38-47H,1,25-31H2,2-3H3/t38-,39-,40-,41-,42-,43-,44+,45+,46-,47+/m1/s1. The van der Waals surface area contributed by atoms with Gasteiger partial charge in [0.15, 0.2) is 12.6 Å². The van der Waals surface area contributed by atoms with Crippen molar-refractivity contribution in [3.8, 4) is 0 Å². The van der Waals surface area contributed by atoms with Gasteiger partial charge in [0, 0.05) is 18.8 Å². The van der Waals surface area contributed by atoms with Crippen LogP contribution in [0.25, 0.3) is 10.4 Å². The molecular weight excluding hydrogens is 799 g/mol. The summed E-state index contributed by atoms with van der Waals surface area (Å²) in [5.74, 6) is -1.10. The van der Waals surface area contributed by atoms with Crippen LogP contribution in [0.4, 0.5) is 0 Å². The number of benzene rings is 4. The monoisotopic (exact) mass is 851 g/mol. The molecule has 0 aromatic heterocycles. The number of carbonyl (C=O) groups excluding carboxylic acids is 2. The lowest BCUT2D eigenvalue weighted by Gasteiger charge is -2.49. The van der Waals surface area contributed by atoms with Gasteiger partial charge in [0.05, 0.1) is 33.0 Å². The van der Waals surface area contributed by atoms with Crippen LogP contribution in [0.2, 0.25) is 0 Å². The first kappa shape index (κ1) is 46.1. The lowest BCUT2D eigenvalue weighted by Crippen LogP contribution is -2.66. The molecule has 0 saturated carbocycles. The van der Waals surface area contributed by atoms with Crippen molar-refractivity contribution in [2.75, 3.05) is 19.8 Å². The summed E-state index contributed by atoms with van der Waals surface area (Å²) in [7, 11) is 0. The minimum absolute atomic E-state index is 0.0143. The van der Waals surface area contributed by atoms with Crippen molar-refractivity contribution >= 4 is 11.9 Å². The fourth-order valence-electron chi connectivity index (χ4n) is 7.18. The van der Waals surface area contributed by atoms with Crippen LogP contribution in [0.15, 0.2) is 139 Å². The molecular formula is C47H53N3O12. The third kappa shape index (κ3) is 13.5. The molecule has 0 radical (unpaired) electrons. The Morgan fingerprint density at radius 2 is 1.00 bits per heavy atom. The van der Waals surface area contributed by atoms with E-state index in [1.54, 1.807) is 6.08 Å². The first-order valence-electron chi connectivity index (χ1n) is 20.4. The summed E-state index contributed by atoms with van der Waals surface area (Å²) >= 11 is 0. The fraction of sp³-hybridized carbons (Fsp3) is 0.404. The van der Waals surface area contributed by atoms with Crippen LogP contribution in [0.1, 0.15) is 36.1 Å². The molecule has 2 aliphatic rings. The number of rotatable bonds is 22. The molecule has 62 heavy (non-hydrogen) atoms. The summed E-state index contributed by atoms with van der Waals surface area (Å²) in [6.45, 7) is 6.45. The summed E-state index contributed by atoms with van der Waals surface area (Å²) in [5.41, 5.74) is 13.3. The van der Waals surface area contributed by atoms with Gasteiger partial charge in [0.1, 0.15) is 62.0 Å². The second kappa shape index (κ2) is 24.3. The van der Waals surface area contributed by atoms with E-state index >= 15 is 0 Å². The molecule has 2 aliphatic heterocycles. The quantitative estimate of drug-likeness (QED) is 0.0257. The Morgan fingerprint density at radius 3 is 1.45 bits per heavy atom. The predicted molar refractivity (Wildman–Crippen MR) is 225 cm³/mol. The smallest absolute Gasteiger partial charge is 0.302 e. The van der Waals surface area contributed by atoms with Crippen molar-refractivity contribution in [3.05, 3.63) is 167 Å². The topological polar surface area (TPSA) is 175 Å². The maximum absolute atomic E-state index is 12.3. The van der Waals surface area contributed by atoms with E-state index in [1.807, 2.05) is 121 Å². The molecule has 328 valence electrons. The van der Waals surface area contributed by atoms with Gasteiger partial charge in [-0.25, -0.2) is 0 Å². The molecule has 10 atom stereocenters. The number of azide groups is 1. The summed E-state index contributed by atoms with van der Waals surface area (Å²) in [5, 5.41) is 4.10. The van der Waals surface area contributed by atoms with Crippen molar-refractivity contribution < 1.29 is 57.0 Å². The number of esters is 2. The molecule has 2 saturated heterocycles. The van der Waals surface area contributed by atoms with Crippen molar-refractivity contribution in [2.45, 2.75) is 102 Å². The van der Waals surface area contributed by atoms with Crippen LogP contribution in [0.5, 0.6) is 0 Å². The highest BCUT2D eigenvalue weighted by Crippen LogP contribution is 2.36. The second-order valence-corrected chi connectivity index (χ2v) is 14.7. The van der Waals surface area contributed by atoms with Gasteiger partial charge < -0.3 is 47.4 Å². The molecule has 0 spiro atoms. The van der Waals surface area contributed by atoms with E-state index in [0.717, 1.165) is 22.3 Å². The van der Waals surface area contributed by atoms with Crippen molar-refractivity contribution in [3.63, 3.8) is 0 Å². The van der Waals surface area contributed by atoms with Crippen LogP contribution >= 0.6 is 0 Å². The van der Waals surface area contributed by atoms with Gasteiger partial charge in [-0.05, 0) is 27.8 Å². The number of carbonyl (C=O) groups is 2. The minimum atomic E-state index is -1.30. The molecule has 6 rings (SSSR count). The van der Waals surface area contributed by atoms with E-state index in [9.17, 15) is 15.1 Å². The van der Waals surface area contributed by atoms with Gasteiger partial charge >= 0.3 is 11.9 Å². The number of ether oxygens (including phenoxy) is 10. The molecule has 0 bridgehead atoms. The van der Waals surface area contributed by atoms with Gasteiger partial charge in [-0.15, -0.1) is 6.58 Å². The molecule has 0 N–H and O–H groups in total. The molecule has 15 heteroatoms. The second-order valence-electron chi connectivity index (χ2n) is 14.7. The van der Waals surface area contributed by atoms with Gasteiger partial charge in [-0.3, -0.25) is 9.59 Å². The Hall–Kier alpha value is -5.45. The summed E-state index contributed by atoms with van der Waals surface area (Å²) in [6.07, 6.45) is -7.93. The molecule has 0 amide bonds. The average molecular weight is 852 g/mol. The molecule has 2 fully saturated rings. The van der Waals surface area contributed by atoms with Gasteiger partial charge in [-0.1, -0.05) is 133 Å². The van der Waals surface area contributed by atoms with Crippen molar-refractivity contribution in [2.24, 2.45) is 5.11 Å². The molecule has 4 aromatic carbocycles. The highest BCUT2D eigenvalue weighted by Gasteiger charge is 2.54. The van der Waals surface area contributed by atoms with E-state index in [2.05, 4.69) is 16.6 Å². The van der Waals surface area contributed by atoms with Gasteiger partial charge in [-0.2, -0.15) is 0 Å². The fourth-order valence-corrected chi connectivity index (χ4v) is 7.18. The third-order valence-electron chi connectivity index (χ3n) is 10.1. The number of hydrogen-bond donors (Lipinski definition) is 0. The predicted octanol–water partition coefficient (Wildman–Crippen LogP) is 7.17. The SMILES string of the molecule is C=CCO[C@@H]1[C@@H](N=[N+]=[N-])[C@H](OCc2ccccc2)O[C@H](COC(C)=O)[C@H]1O[C@@H]1O[C@H](COC(C)=O)[C@@H](OCc2ccccc2)[C@H](OCc2ccccc2)[C@@H]1OCc1ccccc1. The Morgan fingerprint density at radius 1 is 0.581 bits per heavy atom. The average Bonchev–Trinajstić information content (AvgIpc) is 3.29. The zero-order valence-electron chi connectivity index (χ0n) is 34.8. The Bertz CT molecular complexity index is 2010. The van der Waals surface area contributed by atoms with Crippen LogP contribution < -0.4 is 0 Å². The highest BCUT2D eigenvalue weighted by molar-refractivity contribution is 5.66. The third-order valence-corrected chi connectivity index (χ3v) is 10.1. The van der Waals surface area contributed by atoms with E-state index in [0.29, 0.717) is 0 Å². The normalized spacial score (nSPS) is 25.8. The number of hydrogen-bond acceptors (Lipinski definition) is 13. The Labute approximate surface area is 361 Å². The summed E-state index contributed by atoms with van der Waals surface area (Å²) in [4.78, 5) is 27.8. The Balaban J connectivity index is 1.40. The molecule has 15 nitrogen and oxygen atoms in total. The van der Waals surface area contributed by atoms with Crippen LogP contribution in [0.3, 0.4) is 0 Å². The largest absolute Gasteiger partial charge is 0.463 e. The van der Waals surface area contributed by atoms with E-state index in [-0.39, 0.29) is 46.2 Å². The number of nitrogens with zero attached hydrogens (tertiary/aromatic N) is 3. The van der Waals surface area contributed by atoms with Crippen molar-refractivity contribution in [1.29, 1.82) is 0 Å². The van der Waals surface area contributed by atoms with E-state index in [4.69, 9.17) is 47.4 Å². The first-order chi connectivity index (χ1) is 30.3. The Kier molecular flexibility index (Phi) is 18.0. The van der Waals surface area contributed by atoms with Crippen LogP contribution in [0, 0.1) is 0 Å². The van der Waals surface area contributed by atoms with Crippen molar-refractivity contribution in [1.82, 2.24) is 0 Å². The zero-order valence-corrected chi connectivity index (χ0v) is 34.8. The van der Waals surface area contributed by atoms with E-state index in [1.165, 1.54) is 13.8 Å². The van der Waals surface area contributed by atoms with Gasteiger partial charge in [0.2, 0.25) is 0 Å². The maximum atomic E-state index is 12.3. The van der Waals surface area contributed by atoms with Gasteiger partial charge in [0.25, 0.3) is 0 Å². The minimum Gasteiger partial charge on any atom is -0.463 e. The zero-order chi connectivity index (χ0) is 43.5. The van der Waals surface area contributed by atoms with Crippen LogP contribution in [-0.2, 0) is 83.4 Å². The lowest BCUT2D eigenvalue weighted by atomic mass is 9.95. The summed E-state index contributed by atoms with van der Waals surface area (Å²) in [6, 6.07) is 37.1. The highest BCUT2D eigenvalue weighted by atomic mass is 16.8. The maximum Gasteiger partial charge on any atom is 0.302 e. The molecule has 2 heterocycles. The first-order valence-corrected chi connectivity index (χ1v) is 20.4. The van der Waals surface area contributed by atoms with E-state index < -0.39 is 73.3 Å².